The molecule has 0 spiro atoms. The van der Waals surface area contributed by atoms with E-state index in [4.69, 9.17) is 32.7 Å². The summed E-state index contributed by atoms with van der Waals surface area (Å²) < 4.78 is 51.8. The molecule has 2 atom stereocenters. The van der Waals surface area contributed by atoms with Gasteiger partial charge in [0.2, 0.25) is 10.0 Å². The highest BCUT2D eigenvalue weighted by atomic mass is 35.5. The van der Waals surface area contributed by atoms with Gasteiger partial charge in [0.1, 0.15) is 17.0 Å². The van der Waals surface area contributed by atoms with Crippen molar-refractivity contribution in [1.82, 2.24) is 4.31 Å². The molecular weight excluding hydrogens is 444 g/mol. The van der Waals surface area contributed by atoms with Gasteiger partial charge in [0.05, 0.1) is 18.7 Å². The number of para-hydroxylation sites is 1. The summed E-state index contributed by atoms with van der Waals surface area (Å²) >= 11 is 12.1. The second kappa shape index (κ2) is 8.47. The third kappa shape index (κ3) is 4.35. The SMILES string of the molecule is COC(=O)C1CC(Oc2ccccc2F)CN1S(=O)(=O)c1cc(C)c(Cl)cc1Cl. The highest BCUT2D eigenvalue weighted by Gasteiger charge is 2.46. The van der Waals surface area contributed by atoms with Crippen molar-refractivity contribution in [3.8, 4) is 5.75 Å². The summed E-state index contributed by atoms with van der Waals surface area (Å²) in [5, 5.41) is 0.253. The Morgan fingerprint density at radius 3 is 2.55 bits per heavy atom. The zero-order chi connectivity index (χ0) is 21.3. The van der Waals surface area contributed by atoms with Crippen molar-refractivity contribution in [3.05, 3.63) is 57.8 Å². The summed E-state index contributed by atoms with van der Waals surface area (Å²) in [6.45, 7) is 1.47. The predicted octanol–water partition coefficient (Wildman–Crippen LogP) is 3.82. The van der Waals surface area contributed by atoms with Crippen LogP contribution in [0.25, 0.3) is 0 Å². The molecule has 0 N–H and O–H groups in total. The molecule has 2 aromatic carbocycles. The molecule has 1 aliphatic heterocycles. The molecule has 1 heterocycles. The van der Waals surface area contributed by atoms with Gasteiger partial charge >= 0.3 is 5.97 Å². The lowest BCUT2D eigenvalue weighted by atomic mass is 10.2. The van der Waals surface area contributed by atoms with Gasteiger partial charge in [0.15, 0.2) is 11.6 Å². The van der Waals surface area contributed by atoms with Crippen molar-refractivity contribution in [3.63, 3.8) is 0 Å². The molecule has 0 aliphatic carbocycles. The molecule has 29 heavy (non-hydrogen) atoms. The highest BCUT2D eigenvalue weighted by Crippen LogP contribution is 2.35. The maximum atomic E-state index is 13.9. The number of aryl methyl sites for hydroxylation is 1. The van der Waals surface area contributed by atoms with Crippen LogP contribution in [-0.2, 0) is 19.6 Å². The van der Waals surface area contributed by atoms with E-state index >= 15 is 0 Å². The molecule has 0 radical (unpaired) electrons. The van der Waals surface area contributed by atoms with Crippen LogP contribution in [0.5, 0.6) is 5.75 Å². The van der Waals surface area contributed by atoms with Gasteiger partial charge in [-0.25, -0.2) is 12.8 Å². The fourth-order valence-electron chi connectivity index (χ4n) is 3.14. The van der Waals surface area contributed by atoms with Crippen molar-refractivity contribution < 1.29 is 27.1 Å². The molecule has 6 nitrogen and oxygen atoms in total. The second-order valence-electron chi connectivity index (χ2n) is 6.55. The van der Waals surface area contributed by atoms with E-state index in [1.807, 2.05) is 0 Å². The van der Waals surface area contributed by atoms with Crippen molar-refractivity contribution in [2.45, 2.75) is 30.4 Å². The first kappa shape index (κ1) is 21.8. The molecular formula is C19H18Cl2FNO5S. The maximum absolute atomic E-state index is 13.9. The molecule has 0 saturated carbocycles. The monoisotopic (exact) mass is 461 g/mol. The average Bonchev–Trinajstić information content (AvgIpc) is 3.10. The van der Waals surface area contributed by atoms with E-state index in [1.165, 1.54) is 30.3 Å². The first-order valence-electron chi connectivity index (χ1n) is 8.61. The van der Waals surface area contributed by atoms with Gasteiger partial charge < -0.3 is 9.47 Å². The number of carbonyl (C=O) groups excluding carboxylic acids is 1. The van der Waals surface area contributed by atoms with Crippen LogP contribution in [0.4, 0.5) is 4.39 Å². The number of sulfonamides is 1. The number of hydrogen-bond acceptors (Lipinski definition) is 5. The van der Waals surface area contributed by atoms with Crippen molar-refractivity contribution >= 4 is 39.2 Å². The fraction of sp³-hybridized carbons (Fsp3) is 0.316. The van der Waals surface area contributed by atoms with Crippen LogP contribution in [0.2, 0.25) is 10.0 Å². The second-order valence-corrected chi connectivity index (χ2v) is 9.22. The van der Waals surface area contributed by atoms with E-state index in [9.17, 15) is 17.6 Å². The smallest absolute Gasteiger partial charge is 0.324 e. The number of ether oxygens (including phenoxy) is 2. The third-order valence-electron chi connectivity index (χ3n) is 4.62. The van der Waals surface area contributed by atoms with E-state index in [2.05, 4.69) is 0 Å². The minimum atomic E-state index is -4.18. The van der Waals surface area contributed by atoms with Crippen LogP contribution in [0.15, 0.2) is 41.3 Å². The summed E-state index contributed by atoms with van der Waals surface area (Å²) in [5.74, 6) is -1.35. The fourth-order valence-corrected chi connectivity index (χ4v) is 5.57. The zero-order valence-electron chi connectivity index (χ0n) is 15.6. The molecule has 2 aromatic rings. The number of nitrogens with zero attached hydrogens (tertiary/aromatic N) is 1. The number of hydrogen-bond donors (Lipinski definition) is 0. The molecule has 2 unspecified atom stereocenters. The lowest BCUT2D eigenvalue weighted by Crippen LogP contribution is -2.41. The lowest BCUT2D eigenvalue weighted by Gasteiger charge is -2.22. The van der Waals surface area contributed by atoms with Gasteiger partial charge in [0, 0.05) is 11.4 Å². The van der Waals surface area contributed by atoms with Crippen molar-refractivity contribution in [2.24, 2.45) is 0 Å². The lowest BCUT2D eigenvalue weighted by molar-refractivity contribution is -0.144. The number of esters is 1. The average molecular weight is 462 g/mol. The third-order valence-corrected chi connectivity index (χ3v) is 7.37. The molecule has 0 aromatic heterocycles. The molecule has 10 heteroatoms. The number of benzene rings is 2. The quantitative estimate of drug-likeness (QED) is 0.632. The summed E-state index contributed by atoms with van der Waals surface area (Å²) in [6, 6.07) is 7.31. The van der Waals surface area contributed by atoms with E-state index in [0.29, 0.717) is 10.6 Å². The van der Waals surface area contributed by atoms with Crippen LogP contribution in [0.1, 0.15) is 12.0 Å². The summed E-state index contributed by atoms with van der Waals surface area (Å²) in [5.41, 5.74) is 0.516. The number of methoxy groups -OCH3 is 1. The van der Waals surface area contributed by atoms with Crippen LogP contribution < -0.4 is 4.74 Å². The predicted molar refractivity (Wildman–Crippen MR) is 106 cm³/mol. The van der Waals surface area contributed by atoms with Gasteiger partial charge in [0.25, 0.3) is 0 Å². The Morgan fingerprint density at radius 1 is 1.21 bits per heavy atom. The van der Waals surface area contributed by atoms with E-state index in [1.54, 1.807) is 13.0 Å². The molecule has 0 amide bonds. The molecule has 0 bridgehead atoms. The van der Waals surface area contributed by atoms with Gasteiger partial charge in [-0.05, 0) is 36.8 Å². The van der Waals surface area contributed by atoms with E-state index in [0.717, 1.165) is 11.4 Å². The first-order chi connectivity index (χ1) is 13.6. The first-order valence-corrected chi connectivity index (χ1v) is 10.8. The van der Waals surface area contributed by atoms with Crippen LogP contribution >= 0.6 is 23.2 Å². The molecule has 1 aliphatic rings. The Kier molecular flexibility index (Phi) is 6.38. The van der Waals surface area contributed by atoms with Crippen molar-refractivity contribution in [1.29, 1.82) is 0 Å². The minimum absolute atomic E-state index is 0.00439. The Morgan fingerprint density at radius 2 is 1.90 bits per heavy atom. The Hall–Kier alpha value is -1.87. The van der Waals surface area contributed by atoms with E-state index < -0.39 is 34.0 Å². The van der Waals surface area contributed by atoms with Gasteiger partial charge in [-0.1, -0.05) is 35.3 Å². The summed E-state index contributed by atoms with van der Waals surface area (Å²) in [4.78, 5) is 12.1. The maximum Gasteiger partial charge on any atom is 0.324 e. The Labute approximate surface area is 178 Å². The minimum Gasteiger partial charge on any atom is -0.486 e. The summed E-state index contributed by atoms with van der Waals surface area (Å²) in [7, 11) is -3.02. The number of halogens is 3. The van der Waals surface area contributed by atoms with Crippen molar-refractivity contribution in [2.75, 3.05) is 13.7 Å². The number of carbonyl (C=O) groups is 1. The largest absolute Gasteiger partial charge is 0.486 e. The van der Waals surface area contributed by atoms with Crippen LogP contribution in [0, 0.1) is 12.7 Å². The standard InChI is InChI=1S/C19H18Cl2FNO5S/c1-11-7-18(14(21)9-13(11)20)29(25,26)23-10-12(8-16(23)19(24)27-2)28-17-6-4-3-5-15(17)22/h3-7,9,12,16H,8,10H2,1-2H3. The van der Waals surface area contributed by atoms with Crippen LogP contribution in [0.3, 0.4) is 0 Å². The van der Waals surface area contributed by atoms with Gasteiger partial charge in [-0.2, -0.15) is 4.31 Å². The highest BCUT2D eigenvalue weighted by molar-refractivity contribution is 7.89. The van der Waals surface area contributed by atoms with Gasteiger partial charge in [-0.3, -0.25) is 4.79 Å². The zero-order valence-corrected chi connectivity index (χ0v) is 17.9. The van der Waals surface area contributed by atoms with Gasteiger partial charge in [-0.15, -0.1) is 0 Å². The molecule has 156 valence electrons. The molecule has 1 fully saturated rings. The molecule has 3 rings (SSSR count). The van der Waals surface area contributed by atoms with Crippen LogP contribution in [-0.4, -0.2) is 44.5 Å². The normalized spacial score (nSPS) is 19.9. The Balaban J connectivity index is 1.96. The number of rotatable bonds is 5. The topological polar surface area (TPSA) is 72.9 Å². The molecule has 1 saturated heterocycles. The van der Waals surface area contributed by atoms with E-state index in [-0.39, 0.29) is 28.6 Å². The Bertz CT molecular complexity index is 1050. The summed E-state index contributed by atoms with van der Waals surface area (Å²) in [6.07, 6.45) is -0.748.